The summed E-state index contributed by atoms with van der Waals surface area (Å²) in [5.74, 6) is -0.539. The van der Waals surface area contributed by atoms with Gasteiger partial charge < -0.3 is 15.0 Å². The first kappa shape index (κ1) is 18.0. The summed E-state index contributed by atoms with van der Waals surface area (Å²) in [5, 5.41) is 3.14. The highest BCUT2D eigenvalue weighted by atomic mass is 35.5. The van der Waals surface area contributed by atoms with Gasteiger partial charge in [0.05, 0.1) is 23.9 Å². The van der Waals surface area contributed by atoms with Crippen LogP contribution in [0.1, 0.15) is 15.9 Å². The molecule has 5 nitrogen and oxygen atoms in total. The zero-order chi connectivity index (χ0) is 17.5. The van der Waals surface area contributed by atoms with E-state index in [4.69, 9.17) is 16.3 Å². The van der Waals surface area contributed by atoms with Crippen molar-refractivity contribution in [3.63, 3.8) is 0 Å². The SMILES string of the molecule is COCc1ccc(C(=O)N(C)CC(=O)Nc2ccccc2Cl)cc1. The molecule has 6 heteroatoms. The lowest BCUT2D eigenvalue weighted by Gasteiger charge is -2.17. The minimum atomic E-state index is -0.310. The Labute approximate surface area is 146 Å². The molecule has 2 rings (SSSR count). The number of rotatable bonds is 6. The summed E-state index contributed by atoms with van der Waals surface area (Å²) < 4.78 is 5.04. The van der Waals surface area contributed by atoms with Crippen LogP contribution in [0.2, 0.25) is 5.02 Å². The molecule has 0 bridgehead atoms. The molecule has 0 atom stereocenters. The van der Waals surface area contributed by atoms with Gasteiger partial charge in [-0.2, -0.15) is 0 Å². The van der Waals surface area contributed by atoms with Crippen LogP contribution in [-0.4, -0.2) is 37.4 Å². The molecule has 0 aliphatic heterocycles. The van der Waals surface area contributed by atoms with Crippen LogP contribution < -0.4 is 5.32 Å². The third-order valence-electron chi connectivity index (χ3n) is 3.39. The summed E-state index contributed by atoms with van der Waals surface area (Å²) in [6.07, 6.45) is 0. The average Bonchev–Trinajstić information content (AvgIpc) is 2.57. The predicted octanol–water partition coefficient (Wildman–Crippen LogP) is 3.20. The number of nitrogens with one attached hydrogen (secondary N) is 1. The molecule has 0 heterocycles. The third-order valence-corrected chi connectivity index (χ3v) is 3.72. The first-order valence-electron chi connectivity index (χ1n) is 7.39. The van der Waals surface area contributed by atoms with Crippen molar-refractivity contribution in [2.24, 2.45) is 0 Å². The molecular formula is C18H19ClN2O3. The lowest BCUT2D eigenvalue weighted by molar-refractivity contribution is -0.116. The molecular weight excluding hydrogens is 328 g/mol. The maximum atomic E-state index is 12.4. The number of benzene rings is 2. The number of carbonyl (C=O) groups excluding carboxylic acids is 2. The second kappa shape index (κ2) is 8.47. The molecule has 0 aromatic heterocycles. The van der Waals surface area contributed by atoms with E-state index < -0.39 is 0 Å². The maximum absolute atomic E-state index is 12.4. The standard InChI is InChI=1S/C18H19ClN2O3/c1-21(11-17(22)20-16-6-4-3-5-15(16)19)18(23)14-9-7-13(8-10-14)12-24-2/h3-10H,11-12H2,1-2H3,(H,20,22). The highest BCUT2D eigenvalue weighted by Gasteiger charge is 2.15. The van der Waals surface area contributed by atoms with E-state index in [1.807, 2.05) is 12.1 Å². The van der Waals surface area contributed by atoms with Crippen LogP contribution in [0.4, 0.5) is 5.69 Å². The van der Waals surface area contributed by atoms with Gasteiger partial charge in [0, 0.05) is 19.7 Å². The van der Waals surface area contributed by atoms with E-state index in [1.165, 1.54) is 4.90 Å². The first-order valence-corrected chi connectivity index (χ1v) is 7.76. The van der Waals surface area contributed by atoms with Crippen molar-refractivity contribution < 1.29 is 14.3 Å². The van der Waals surface area contributed by atoms with Crippen molar-refractivity contribution in [2.75, 3.05) is 26.0 Å². The second-order valence-corrected chi connectivity index (χ2v) is 5.73. The van der Waals surface area contributed by atoms with Crippen molar-refractivity contribution >= 4 is 29.1 Å². The quantitative estimate of drug-likeness (QED) is 0.873. The van der Waals surface area contributed by atoms with Crippen LogP contribution in [0.5, 0.6) is 0 Å². The van der Waals surface area contributed by atoms with E-state index >= 15 is 0 Å². The number of methoxy groups -OCH3 is 1. The van der Waals surface area contributed by atoms with Crippen molar-refractivity contribution in [1.82, 2.24) is 4.90 Å². The molecule has 2 amide bonds. The number of halogens is 1. The molecule has 0 saturated heterocycles. The summed E-state index contributed by atoms with van der Waals surface area (Å²) in [4.78, 5) is 25.8. The largest absolute Gasteiger partial charge is 0.380 e. The highest BCUT2D eigenvalue weighted by molar-refractivity contribution is 6.33. The summed E-state index contributed by atoms with van der Waals surface area (Å²) in [7, 11) is 3.20. The van der Waals surface area contributed by atoms with E-state index in [9.17, 15) is 9.59 Å². The fourth-order valence-electron chi connectivity index (χ4n) is 2.17. The average molecular weight is 347 g/mol. The van der Waals surface area contributed by atoms with Gasteiger partial charge in [0.1, 0.15) is 0 Å². The van der Waals surface area contributed by atoms with E-state index in [-0.39, 0.29) is 18.4 Å². The van der Waals surface area contributed by atoms with Crippen molar-refractivity contribution in [3.05, 3.63) is 64.7 Å². The molecule has 126 valence electrons. The van der Waals surface area contributed by atoms with Crippen molar-refractivity contribution in [2.45, 2.75) is 6.61 Å². The summed E-state index contributed by atoms with van der Waals surface area (Å²) in [6.45, 7) is 0.425. The zero-order valence-corrected chi connectivity index (χ0v) is 14.3. The smallest absolute Gasteiger partial charge is 0.254 e. The molecule has 24 heavy (non-hydrogen) atoms. The van der Waals surface area contributed by atoms with Gasteiger partial charge >= 0.3 is 0 Å². The molecule has 0 unspecified atom stereocenters. The van der Waals surface area contributed by atoms with Gasteiger partial charge in [-0.05, 0) is 29.8 Å². The number of hydrogen-bond donors (Lipinski definition) is 1. The second-order valence-electron chi connectivity index (χ2n) is 5.32. The molecule has 0 spiro atoms. The summed E-state index contributed by atoms with van der Waals surface area (Å²) in [5.41, 5.74) is 2.02. The number of carbonyl (C=O) groups is 2. The van der Waals surface area contributed by atoms with Crippen LogP contribution >= 0.6 is 11.6 Å². The Morgan fingerprint density at radius 3 is 2.42 bits per heavy atom. The Balaban J connectivity index is 1.95. The van der Waals surface area contributed by atoms with Crippen LogP contribution in [0.3, 0.4) is 0 Å². The Bertz CT molecular complexity index is 716. The van der Waals surface area contributed by atoms with Gasteiger partial charge in [-0.1, -0.05) is 35.9 Å². The molecule has 0 radical (unpaired) electrons. The van der Waals surface area contributed by atoms with Gasteiger partial charge in [-0.25, -0.2) is 0 Å². The molecule has 0 fully saturated rings. The van der Waals surface area contributed by atoms with Gasteiger partial charge in [0.2, 0.25) is 5.91 Å². The Kier molecular flexibility index (Phi) is 6.35. The number of nitrogens with zero attached hydrogens (tertiary/aromatic N) is 1. The summed E-state index contributed by atoms with van der Waals surface area (Å²) in [6, 6.07) is 14.0. The van der Waals surface area contributed by atoms with Gasteiger partial charge in [-0.15, -0.1) is 0 Å². The number of para-hydroxylation sites is 1. The van der Waals surface area contributed by atoms with E-state index in [2.05, 4.69) is 5.32 Å². The Hall–Kier alpha value is -2.37. The number of anilines is 1. The molecule has 0 aliphatic rings. The monoisotopic (exact) mass is 346 g/mol. The zero-order valence-electron chi connectivity index (χ0n) is 13.6. The number of ether oxygens (including phenoxy) is 1. The Morgan fingerprint density at radius 2 is 1.79 bits per heavy atom. The topological polar surface area (TPSA) is 58.6 Å². The van der Waals surface area contributed by atoms with Gasteiger partial charge in [-0.3, -0.25) is 9.59 Å². The van der Waals surface area contributed by atoms with E-state index in [1.54, 1.807) is 50.6 Å². The normalized spacial score (nSPS) is 10.3. The predicted molar refractivity (Wildman–Crippen MR) is 94.2 cm³/mol. The van der Waals surface area contributed by atoms with Gasteiger partial charge in [0.25, 0.3) is 5.91 Å². The lowest BCUT2D eigenvalue weighted by atomic mass is 10.1. The molecule has 1 N–H and O–H groups in total. The van der Waals surface area contributed by atoms with Crippen LogP contribution in [0.25, 0.3) is 0 Å². The Morgan fingerprint density at radius 1 is 1.12 bits per heavy atom. The first-order chi connectivity index (χ1) is 11.5. The fourth-order valence-corrected chi connectivity index (χ4v) is 2.35. The van der Waals surface area contributed by atoms with E-state index in [0.717, 1.165) is 5.56 Å². The van der Waals surface area contributed by atoms with Crippen LogP contribution in [0, 0.1) is 0 Å². The van der Waals surface area contributed by atoms with Crippen LogP contribution in [-0.2, 0) is 16.1 Å². The van der Waals surface area contributed by atoms with Crippen LogP contribution in [0.15, 0.2) is 48.5 Å². The maximum Gasteiger partial charge on any atom is 0.254 e. The van der Waals surface area contributed by atoms with Crippen molar-refractivity contribution in [1.29, 1.82) is 0 Å². The third kappa shape index (κ3) is 4.81. The number of amides is 2. The highest BCUT2D eigenvalue weighted by Crippen LogP contribution is 2.20. The lowest BCUT2D eigenvalue weighted by Crippen LogP contribution is -2.35. The molecule has 2 aromatic rings. The minimum absolute atomic E-state index is 0.0656. The minimum Gasteiger partial charge on any atom is -0.380 e. The van der Waals surface area contributed by atoms with E-state index in [0.29, 0.717) is 22.9 Å². The summed E-state index contributed by atoms with van der Waals surface area (Å²) >= 11 is 6.00. The molecule has 0 saturated carbocycles. The molecule has 2 aromatic carbocycles. The fraction of sp³-hybridized carbons (Fsp3) is 0.222. The molecule has 0 aliphatic carbocycles. The number of hydrogen-bond acceptors (Lipinski definition) is 3. The van der Waals surface area contributed by atoms with Crippen molar-refractivity contribution in [3.8, 4) is 0 Å². The number of likely N-dealkylation sites (N-methyl/N-ethyl adjacent to an activating group) is 1. The van der Waals surface area contributed by atoms with Gasteiger partial charge in [0.15, 0.2) is 0 Å².